The molecular formula is C19H25N3O2. The molecule has 128 valence electrons. The van der Waals surface area contributed by atoms with Crippen molar-refractivity contribution in [1.82, 2.24) is 5.43 Å². The number of urea groups is 1. The van der Waals surface area contributed by atoms with E-state index in [1.807, 2.05) is 30.3 Å². The molecular weight excluding hydrogens is 302 g/mol. The minimum atomic E-state index is -0.707. The average Bonchev–Trinajstić information content (AvgIpc) is 2.85. The first kappa shape index (κ1) is 16.7. The van der Waals surface area contributed by atoms with Crippen LogP contribution in [0.3, 0.4) is 0 Å². The highest BCUT2D eigenvalue weighted by Crippen LogP contribution is 2.66. The Hall–Kier alpha value is -2.17. The van der Waals surface area contributed by atoms with Crippen LogP contribution in [-0.2, 0) is 11.2 Å². The van der Waals surface area contributed by atoms with E-state index in [0.717, 1.165) is 18.4 Å². The van der Waals surface area contributed by atoms with E-state index < -0.39 is 6.03 Å². The highest BCUT2D eigenvalue weighted by Gasteiger charge is 2.67. The van der Waals surface area contributed by atoms with Gasteiger partial charge in [-0.15, -0.1) is 0 Å². The molecule has 0 unspecified atom stereocenters. The van der Waals surface area contributed by atoms with Crippen LogP contribution < -0.4 is 11.2 Å². The zero-order valence-electron chi connectivity index (χ0n) is 14.5. The van der Waals surface area contributed by atoms with E-state index in [1.165, 1.54) is 0 Å². The Bertz CT molecular complexity index is 696. The standard InChI is InChI=1S/C19H25N3O2/c1-18(2)13-9-10-19(18,3)16(23)15(13)14(21-22-17(20)24)11-12-7-5-4-6-8-12/h4-8,13,15H,9-11H2,1-3H3,(H3,20,22,24)/t13-,15-,19+/m0/s1. The number of nitrogens with one attached hydrogen (secondary N) is 1. The fourth-order valence-electron chi connectivity index (χ4n) is 4.62. The fourth-order valence-corrected chi connectivity index (χ4v) is 4.62. The number of hydrazone groups is 1. The number of benzene rings is 1. The minimum Gasteiger partial charge on any atom is -0.350 e. The van der Waals surface area contributed by atoms with E-state index in [4.69, 9.17) is 5.73 Å². The number of nitrogens with two attached hydrogens (primary N) is 1. The number of nitrogens with zero attached hydrogens (tertiary/aromatic N) is 1. The maximum atomic E-state index is 13.2. The summed E-state index contributed by atoms with van der Waals surface area (Å²) in [5.74, 6) is 0.266. The number of primary amides is 1. The summed E-state index contributed by atoms with van der Waals surface area (Å²) in [5.41, 5.74) is 8.93. The molecule has 2 amide bonds. The molecule has 1 aromatic rings. The second-order valence-electron chi connectivity index (χ2n) is 7.78. The number of carbonyl (C=O) groups excluding carboxylic acids is 2. The Morgan fingerprint density at radius 1 is 1.29 bits per heavy atom. The van der Waals surface area contributed by atoms with Gasteiger partial charge in [0.15, 0.2) is 0 Å². The molecule has 0 heterocycles. The lowest BCUT2D eigenvalue weighted by Gasteiger charge is -2.32. The number of fused-ring (bicyclic) bond motifs is 2. The van der Waals surface area contributed by atoms with Gasteiger partial charge in [-0.25, -0.2) is 10.2 Å². The van der Waals surface area contributed by atoms with Crippen LogP contribution in [0.1, 0.15) is 39.2 Å². The van der Waals surface area contributed by atoms with E-state index in [2.05, 4.69) is 31.3 Å². The number of Topliss-reactive ketones (excluding diaryl/α,β-unsaturated/α-hetero) is 1. The Morgan fingerprint density at radius 2 is 1.96 bits per heavy atom. The van der Waals surface area contributed by atoms with Gasteiger partial charge in [0, 0.05) is 11.8 Å². The van der Waals surface area contributed by atoms with E-state index in [0.29, 0.717) is 12.1 Å². The lowest BCUT2D eigenvalue weighted by atomic mass is 9.70. The maximum Gasteiger partial charge on any atom is 0.332 e. The quantitative estimate of drug-likeness (QED) is 0.658. The summed E-state index contributed by atoms with van der Waals surface area (Å²) in [5, 5.41) is 4.24. The van der Waals surface area contributed by atoms with Crippen molar-refractivity contribution in [1.29, 1.82) is 0 Å². The molecule has 5 nitrogen and oxygen atoms in total. The monoisotopic (exact) mass is 327 g/mol. The first-order chi connectivity index (χ1) is 11.3. The highest BCUT2D eigenvalue weighted by atomic mass is 16.2. The van der Waals surface area contributed by atoms with Crippen molar-refractivity contribution in [2.75, 3.05) is 0 Å². The first-order valence-electron chi connectivity index (χ1n) is 8.47. The number of rotatable bonds is 4. The van der Waals surface area contributed by atoms with Gasteiger partial charge in [0.05, 0.1) is 11.6 Å². The molecule has 0 spiro atoms. The molecule has 2 bridgehead atoms. The maximum absolute atomic E-state index is 13.2. The number of hydrogen-bond acceptors (Lipinski definition) is 3. The van der Waals surface area contributed by atoms with Crippen LogP contribution in [0.2, 0.25) is 0 Å². The van der Waals surface area contributed by atoms with Gasteiger partial charge < -0.3 is 5.73 Å². The second kappa shape index (κ2) is 5.72. The van der Waals surface area contributed by atoms with Crippen LogP contribution in [0.25, 0.3) is 0 Å². The average molecular weight is 327 g/mol. The van der Waals surface area contributed by atoms with Crippen molar-refractivity contribution in [2.24, 2.45) is 33.5 Å². The molecule has 1 aromatic carbocycles. The highest BCUT2D eigenvalue weighted by molar-refractivity contribution is 6.11. The van der Waals surface area contributed by atoms with Gasteiger partial charge in [0.1, 0.15) is 5.78 Å². The summed E-state index contributed by atoms with van der Waals surface area (Å²) in [6.07, 6.45) is 2.49. The van der Waals surface area contributed by atoms with Gasteiger partial charge in [0.25, 0.3) is 0 Å². The first-order valence-corrected chi connectivity index (χ1v) is 8.47. The van der Waals surface area contributed by atoms with Crippen LogP contribution in [-0.4, -0.2) is 17.5 Å². The summed E-state index contributed by atoms with van der Waals surface area (Å²) in [6, 6.07) is 9.18. The Balaban J connectivity index is 1.96. The molecule has 0 saturated heterocycles. The van der Waals surface area contributed by atoms with Crippen molar-refractivity contribution in [3.05, 3.63) is 35.9 Å². The summed E-state index contributed by atoms with van der Waals surface area (Å²) < 4.78 is 0. The van der Waals surface area contributed by atoms with Crippen LogP contribution in [0.5, 0.6) is 0 Å². The third-order valence-corrected chi connectivity index (χ3v) is 6.43. The zero-order chi connectivity index (χ0) is 17.5. The third-order valence-electron chi connectivity index (χ3n) is 6.43. The van der Waals surface area contributed by atoms with Gasteiger partial charge in [-0.05, 0) is 29.7 Å². The molecule has 5 heteroatoms. The number of carbonyl (C=O) groups is 2. The lowest BCUT2D eigenvalue weighted by Crippen LogP contribution is -2.37. The topological polar surface area (TPSA) is 84.6 Å². The van der Waals surface area contributed by atoms with Gasteiger partial charge in [-0.1, -0.05) is 51.1 Å². The van der Waals surface area contributed by atoms with Crippen molar-refractivity contribution in [3.63, 3.8) is 0 Å². The van der Waals surface area contributed by atoms with Crippen LogP contribution >= 0.6 is 0 Å². The third kappa shape index (κ3) is 2.43. The van der Waals surface area contributed by atoms with E-state index in [-0.39, 0.29) is 28.4 Å². The number of hydrogen-bond donors (Lipinski definition) is 2. The fraction of sp³-hybridized carbons (Fsp3) is 0.526. The van der Waals surface area contributed by atoms with Gasteiger partial charge in [-0.3, -0.25) is 4.79 Å². The number of ketones is 1. The second-order valence-corrected chi connectivity index (χ2v) is 7.78. The van der Waals surface area contributed by atoms with Gasteiger partial charge >= 0.3 is 6.03 Å². The molecule has 3 N–H and O–H groups in total. The Labute approximate surface area is 142 Å². The van der Waals surface area contributed by atoms with Crippen LogP contribution in [0, 0.1) is 22.7 Å². The smallest absolute Gasteiger partial charge is 0.332 e. The normalized spacial score (nSPS) is 31.3. The number of amides is 2. The lowest BCUT2D eigenvalue weighted by molar-refractivity contribution is -0.129. The summed E-state index contributed by atoms with van der Waals surface area (Å²) in [4.78, 5) is 24.3. The van der Waals surface area contributed by atoms with Crippen LogP contribution in [0.4, 0.5) is 4.79 Å². The summed E-state index contributed by atoms with van der Waals surface area (Å²) >= 11 is 0. The van der Waals surface area contributed by atoms with E-state index >= 15 is 0 Å². The molecule has 3 rings (SSSR count). The van der Waals surface area contributed by atoms with E-state index in [9.17, 15) is 9.59 Å². The Kier molecular flexibility index (Phi) is 3.98. The molecule has 0 aromatic heterocycles. The largest absolute Gasteiger partial charge is 0.350 e. The zero-order valence-corrected chi connectivity index (χ0v) is 14.5. The molecule has 2 saturated carbocycles. The van der Waals surface area contributed by atoms with Gasteiger partial charge in [-0.2, -0.15) is 5.10 Å². The van der Waals surface area contributed by atoms with Crippen molar-refractivity contribution in [2.45, 2.75) is 40.0 Å². The summed E-state index contributed by atoms with van der Waals surface area (Å²) in [7, 11) is 0. The predicted octanol–water partition coefficient (Wildman–Crippen LogP) is 2.89. The van der Waals surface area contributed by atoms with Crippen LogP contribution in [0.15, 0.2) is 35.4 Å². The van der Waals surface area contributed by atoms with Crippen molar-refractivity contribution >= 4 is 17.5 Å². The van der Waals surface area contributed by atoms with Gasteiger partial charge in [0.2, 0.25) is 0 Å². The molecule has 3 atom stereocenters. The van der Waals surface area contributed by atoms with Crippen molar-refractivity contribution < 1.29 is 9.59 Å². The molecule has 2 aliphatic rings. The molecule has 0 radical (unpaired) electrons. The molecule has 2 fully saturated rings. The predicted molar refractivity (Wildman–Crippen MR) is 93.4 cm³/mol. The molecule has 0 aliphatic heterocycles. The molecule has 24 heavy (non-hydrogen) atoms. The van der Waals surface area contributed by atoms with Crippen molar-refractivity contribution in [3.8, 4) is 0 Å². The van der Waals surface area contributed by atoms with E-state index in [1.54, 1.807) is 0 Å². The SMILES string of the molecule is CC1(C)[C@H]2CC[C@]1(C)C(=O)[C@@H]2C(Cc1ccccc1)=NNC(N)=O. The Morgan fingerprint density at radius 3 is 2.50 bits per heavy atom. The summed E-state index contributed by atoms with van der Waals surface area (Å²) in [6.45, 7) is 6.45. The molecule has 2 aliphatic carbocycles. The minimum absolute atomic E-state index is 0.0566.